The molecule has 0 aromatic rings. The Hall–Kier alpha value is -4.66. The first-order valence-electron chi connectivity index (χ1n) is 19.1. The zero-order chi connectivity index (χ0) is 42.3. The Balaban J connectivity index is 3.16. The Morgan fingerprint density at radius 1 is 0.643 bits per heavy atom. The molecule has 20 nitrogen and oxygen atoms in total. The summed E-state index contributed by atoms with van der Waals surface area (Å²) < 4.78 is 15.4. The molecule has 1 saturated heterocycles. The summed E-state index contributed by atoms with van der Waals surface area (Å²) in [7, 11) is 1.87. The predicted octanol–water partition coefficient (Wildman–Crippen LogP) is -0.152. The van der Waals surface area contributed by atoms with E-state index in [2.05, 4.69) is 47.8 Å². The topological polar surface area (TPSA) is 273 Å². The second-order valence-electron chi connectivity index (χ2n) is 15.4. The standard InChI is InChI=1S/C35H64BN9O11/c1-22-27(47)43-23(15-9-12-18-37-32(52)55-34(2,3)4)28(48)39-21-26(46)42-24(16-11-14-20-40-36-54-8)30(50)45-31(51)44-25(29(49)41-22)17-10-13-19-38-33(53)56-35(5,6)7/h22-25,36,40H,9-21H2,1-8H3,(H,37,52)(H,38,53)(H,39,48)(H,41,49)(H,42,46)(H,43,47)(H2,44,45,50,51)/t22-,23+,24+,25+/m1/s1. The van der Waals surface area contributed by atoms with Gasteiger partial charge in [-0.25, -0.2) is 14.4 Å². The zero-order valence-corrected chi connectivity index (χ0v) is 34.2. The van der Waals surface area contributed by atoms with E-state index >= 15 is 0 Å². The fourth-order valence-electron chi connectivity index (χ4n) is 5.14. The number of imide groups is 1. The highest BCUT2D eigenvalue weighted by molar-refractivity contribution is 6.23. The normalized spacial score (nSPS) is 20.5. The van der Waals surface area contributed by atoms with Crippen molar-refractivity contribution in [1.82, 2.24) is 47.8 Å². The smallest absolute Gasteiger partial charge is 0.407 e. The molecule has 9 N–H and O–H groups in total. The third-order valence-electron chi connectivity index (χ3n) is 7.84. The molecule has 0 aromatic heterocycles. The van der Waals surface area contributed by atoms with Crippen LogP contribution in [0, 0.1) is 0 Å². The average molecular weight is 798 g/mol. The summed E-state index contributed by atoms with van der Waals surface area (Å²) in [6.07, 6.45) is 1.76. The Morgan fingerprint density at radius 2 is 1.12 bits per heavy atom. The van der Waals surface area contributed by atoms with Crippen molar-refractivity contribution in [2.45, 2.75) is 142 Å². The van der Waals surface area contributed by atoms with E-state index in [1.807, 2.05) is 0 Å². The van der Waals surface area contributed by atoms with Crippen LogP contribution in [-0.2, 0) is 38.1 Å². The number of hydrogen-bond donors (Lipinski definition) is 9. The maximum absolute atomic E-state index is 13.5. The van der Waals surface area contributed by atoms with Crippen molar-refractivity contribution in [3.05, 3.63) is 0 Å². The molecule has 0 aromatic carbocycles. The molecule has 21 heteroatoms. The first-order valence-corrected chi connectivity index (χ1v) is 19.1. The summed E-state index contributed by atoms with van der Waals surface area (Å²) in [4.78, 5) is 103. The van der Waals surface area contributed by atoms with Crippen molar-refractivity contribution in [2.75, 3.05) is 33.3 Å². The number of hydrogen-bond acceptors (Lipinski definition) is 12. The minimum absolute atomic E-state index is 0.0643. The van der Waals surface area contributed by atoms with Gasteiger partial charge in [-0.05, 0) is 113 Å². The molecule has 56 heavy (non-hydrogen) atoms. The van der Waals surface area contributed by atoms with E-state index in [4.69, 9.17) is 14.1 Å². The lowest BCUT2D eigenvalue weighted by Gasteiger charge is -2.23. The fourth-order valence-corrected chi connectivity index (χ4v) is 5.14. The predicted molar refractivity (Wildman–Crippen MR) is 207 cm³/mol. The number of amides is 9. The second-order valence-corrected chi connectivity index (χ2v) is 15.4. The van der Waals surface area contributed by atoms with Gasteiger partial charge in [0.05, 0.1) is 6.54 Å². The van der Waals surface area contributed by atoms with E-state index in [1.54, 1.807) is 48.7 Å². The summed E-state index contributed by atoms with van der Waals surface area (Å²) in [6.45, 7) is 12.3. The van der Waals surface area contributed by atoms with E-state index in [9.17, 15) is 38.4 Å². The monoisotopic (exact) mass is 797 g/mol. The van der Waals surface area contributed by atoms with Gasteiger partial charge in [-0.3, -0.25) is 29.3 Å². The van der Waals surface area contributed by atoms with Crippen LogP contribution in [0.1, 0.15) is 106 Å². The van der Waals surface area contributed by atoms with Crippen LogP contribution in [-0.4, -0.2) is 124 Å². The summed E-state index contributed by atoms with van der Waals surface area (Å²) in [5.74, 6) is -3.67. The highest BCUT2D eigenvalue weighted by Crippen LogP contribution is 2.09. The average Bonchev–Trinajstić information content (AvgIpc) is 3.08. The van der Waals surface area contributed by atoms with Gasteiger partial charge >= 0.3 is 25.8 Å². The lowest BCUT2D eigenvalue weighted by molar-refractivity contribution is -0.133. The molecule has 0 aliphatic carbocycles. The van der Waals surface area contributed by atoms with E-state index in [0.717, 1.165) is 0 Å². The molecule has 1 aliphatic rings. The maximum atomic E-state index is 13.5. The molecular formula is C35H64BN9O11. The molecule has 1 rings (SSSR count). The van der Waals surface area contributed by atoms with E-state index < -0.39 is 89.7 Å². The summed E-state index contributed by atoms with van der Waals surface area (Å²) >= 11 is 0. The Labute approximate surface area is 330 Å². The summed E-state index contributed by atoms with van der Waals surface area (Å²) in [6, 6.07) is -5.68. The highest BCUT2D eigenvalue weighted by atomic mass is 16.6. The largest absolute Gasteiger partial charge is 0.444 e. The van der Waals surface area contributed by atoms with Crippen molar-refractivity contribution >= 4 is 55.4 Å². The minimum Gasteiger partial charge on any atom is -0.444 e. The minimum atomic E-state index is -1.22. The van der Waals surface area contributed by atoms with E-state index in [-0.39, 0.29) is 32.4 Å². The first-order chi connectivity index (χ1) is 26.2. The molecule has 0 unspecified atom stereocenters. The van der Waals surface area contributed by atoms with Crippen LogP contribution in [0.3, 0.4) is 0 Å². The number of unbranched alkanes of at least 4 members (excludes halogenated alkanes) is 3. The van der Waals surface area contributed by atoms with Crippen LogP contribution < -0.4 is 47.8 Å². The molecular weight excluding hydrogens is 733 g/mol. The number of ether oxygens (including phenoxy) is 2. The Kier molecular flexibility index (Phi) is 22.5. The van der Waals surface area contributed by atoms with Gasteiger partial charge in [0.15, 0.2) is 0 Å². The molecule has 4 atom stereocenters. The van der Waals surface area contributed by atoms with Gasteiger partial charge < -0.3 is 56.6 Å². The third kappa shape index (κ3) is 23.3. The van der Waals surface area contributed by atoms with Crippen LogP contribution >= 0.6 is 0 Å². The van der Waals surface area contributed by atoms with Crippen LogP contribution in [0.15, 0.2) is 0 Å². The molecule has 1 heterocycles. The summed E-state index contributed by atoms with van der Waals surface area (Å²) in [5.41, 5.74) is -1.36. The van der Waals surface area contributed by atoms with Gasteiger partial charge in [0.2, 0.25) is 23.6 Å². The SMILES string of the molecule is COBNCCCC[C@@H]1NC(=O)CNC(=O)[C@H](CCCCNC(=O)OC(C)(C)C)NC(=O)[C@@H](C)NC(=O)[C@H](CCCCNC(=O)OC(C)(C)C)NC(=O)NC1=O. The van der Waals surface area contributed by atoms with Crippen molar-refractivity contribution in [3.63, 3.8) is 0 Å². The lowest BCUT2D eigenvalue weighted by atomic mass is 10.1. The number of urea groups is 1. The van der Waals surface area contributed by atoms with Crippen LogP contribution in [0.2, 0.25) is 0 Å². The quantitative estimate of drug-likeness (QED) is 0.0687. The van der Waals surface area contributed by atoms with Gasteiger partial charge in [0, 0.05) is 20.2 Å². The fraction of sp³-hybridized carbons (Fsp3) is 0.771. The highest BCUT2D eigenvalue weighted by Gasteiger charge is 2.30. The van der Waals surface area contributed by atoms with E-state index in [1.165, 1.54) is 6.92 Å². The summed E-state index contributed by atoms with van der Waals surface area (Å²) in [5, 5.41) is 23.2. The zero-order valence-electron chi connectivity index (χ0n) is 34.2. The number of rotatable bonds is 17. The second kappa shape index (κ2) is 25.5. The first kappa shape index (κ1) is 49.4. The Morgan fingerprint density at radius 3 is 1.62 bits per heavy atom. The van der Waals surface area contributed by atoms with Crippen LogP contribution in [0.5, 0.6) is 0 Å². The van der Waals surface area contributed by atoms with Crippen molar-refractivity contribution in [1.29, 1.82) is 0 Å². The van der Waals surface area contributed by atoms with Crippen molar-refractivity contribution < 1.29 is 52.5 Å². The Bertz CT molecular complexity index is 1320. The molecule has 0 radical (unpaired) electrons. The molecule has 1 fully saturated rings. The van der Waals surface area contributed by atoms with E-state index in [0.29, 0.717) is 52.7 Å². The maximum Gasteiger partial charge on any atom is 0.407 e. The van der Waals surface area contributed by atoms with Gasteiger partial charge in [-0.15, -0.1) is 0 Å². The molecule has 9 amide bonds. The van der Waals surface area contributed by atoms with Crippen LogP contribution in [0.4, 0.5) is 14.4 Å². The van der Waals surface area contributed by atoms with Gasteiger partial charge in [0.25, 0.3) is 5.91 Å². The lowest BCUT2D eigenvalue weighted by Crippen LogP contribution is -2.57. The van der Waals surface area contributed by atoms with Gasteiger partial charge in [-0.1, -0.05) is 0 Å². The molecule has 318 valence electrons. The number of nitrogens with one attached hydrogen (secondary N) is 9. The molecule has 0 saturated carbocycles. The molecule has 0 spiro atoms. The third-order valence-corrected chi connectivity index (χ3v) is 7.84. The number of carbonyl (C=O) groups excluding carboxylic acids is 8. The van der Waals surface area contributed by atoms with Gasteiger partial charge in [-0.2, -0.15) is 0 Å². The number of alkyl carbamates (subject to hydrolysis) is 2. The molecule has 1 aliphatic heterocycles. The molecule has 0 bridgehead atoms. The van der Waals surface area contributed by atoms with Crippen molar-refractivity contribution in [2.24, 2.45) is 0 Å². The number of carbonyl (C=O) groups is 8. The van der Waals surface area contributed by atoms with Gasteiger partial charge in [0.1, 0.15) is 35.4 Å². The van der Waals surface area contributed by atoms with Crippen LogP contribution in [0.25, 0.3) is 0 Å². The van der Waals surface area contributed by atoms with Crippen molar-refractivity contribution in [3.8, 4) is 0 Å².